The van der Waals surface area contributed by atoms with Crippen LogP contribution in [0.5, 0.6) is 23.1 Å². The Morgan fingerprint density at radius 3 is 2.70 bits per heavy atom. The number of amides is 1. The van der Waals surface area contributed by atoms with E-state index in [2.05, 4.69) is 15.0 Å². The van der Waals surface area contributed by atoms with Gasteiger partial charge >= 0.3 is 5.97 Å². The average Bonchev–Trinajstić information content (AvgIpc) is 3.27. The molecule has 1 aliphatic heterocycles. The van der Waals surface area contributed by atoms with Crippen molar-refractivity contribution in [2.75, 3.05) is 13.9 Å². The number of aromatic nitrogens is 1. The Morgan fingerprint density at radius 2 is 1.91 bits per heavy atom. The molecule has 170 valence electrons. The number of rotatable bonds is 7. The molecule has 0 atom stereocenters. The molecular formula is C23H18F2N2O6. The maximum Gasteiger partial charge on any atom is 0.309 e. The van der Waals surface area contributed by atoms with E-state index in [1.165, 1.54) is 19.2 Å². The zero-order valence-corrected chi connectivity index (χ0v) is 17.4. The zero-order chi connectivity index (χ0) is 23.4. The van der Waals surface area contributed by atoms with Crippen LogP contribution in [0, 0.1) is 11.6 Å². The van der Waals surface area contributed by atoms with E-state index >= 15 is 0 Å². The van der Waals surface area contributed by atoms with E-state index in [1.54, 1.807) is 24.3 Å². The molecule has 0 aliphatic carbocycles. The predicted molar refractivity (Wildman–Crippen MR) is 110 cm³/mol. The molecule has 0 radical (unpaired) electrons. The summed E-state index contributed by atoms with van der Waals surface area (Å²) in [4.78, 5) is 27.9. The Balaban J connectivity index is 1.47. The van der Waals surface area contributed by atoms with Crippen molar-refractivity contribution in [1.29, 1.82) is 0 Å². The zero-order valence-electron chi connectivity index (χ0n) is 17.4. The van der Waals surface area contributed by atoms with Crippen LogP contribution < -0.4 is 19.5 Å². The number of hydrogen-bond acceptors (Lipinski definition) is 7. The molecule has 0 bridgehead atoms. The molecule has 2 aromatic carbocycles. The second-order valence-corrected chi connectivity index (χ2v) is 6.98. The molecular weight excluding hydrogens is 438 g/mol. The number of nitrogens with one attached hydrogen (secondary N) is 1. The number of pyridine rings is 1. The van der Waals surface area contributed by atoms with Crippen LogP contribution in [0.3, 0.4) is 0 Å². The topological polar surface area (TPSA) is 96.0 Å². The Bertz CT molecular complexity index is 1220. The lowest BCUT2D eigenvalue weighted by Gasteiger charge is -2.12. The van der Waals surface area contributed by atoms with Crippen molar-refractivity contribution in [3.8, 4) is 23.1 Å². The van der Waals surface area contributed by atoms with Crippen molar-refractivity contribution < 1.29 is 37.3 Å². The Hall–Kier alpha value is -4.21. The lowest BCUT2D eigenvalue weighted by atomic mass is 10.1. The second-order valence-electron chi connectivity index (χ2n) is 6.98. The highest BCUT2D eigenvalue weighted by Crippen LogP contribution is 2.36. The van der Waals surface area contributed by atoms with Crippen LogP contribution in [-0.2, 0) is 22.5 Å². The largest absolute Gasteiger partial charge is 0.469 e. The molecule has 1 N–H and O–H groups in total. The molecule has 0 fully saturated rings. The number of hydrogen-bond donors (Lipinski definition) is 1. The summed E-state index contributed by atoms with van der Waals surface area (Å²) in [7, 11) is 1.24. The molecule has 0 saturated carbocycles. The first-order valence-corrected chi connectivity index (χ1v) is 9.78. The number of carbonyl (C=O) groups excluding carboxylic acids is 2. The normalized spacial score (nSPS) is 11.7. The van der Waals surface area contributed by atoms with Crippen molar-refractivity contribution in [2.45, 2.75) is 13.0 Å². The van der Waals surface area contributed by atoms with Gasteiger partial charge in [-0.25, -0.2) is 13.8 Å². The van der Waals surface area contributed by atoms with Gasteiger partial charge < -0.3 is 24.3 Å². The molecule has 1 amide bonds. The first-order chi connectivity index (χ1) is 15.9. The average molecular weight is 456 g/mol. The summed E-state index contributed by atoms with van der Waals surface area (Å²) < 4.78 is 48.9. The number of benzene rings is 2. The van der Waals surface area contributed by atoms with Crippen LogP contribution in [0.2, 0.25) is 0 Å². The Labute approximate surface area is 187 Å². The highest BCUT2D eigenvalue weighted by atomic mass is 19.1. The molecule has 33 heavy (non-hydrogen) atoms. The minimum atomic E-state index is -0.739. The van der Waals surface area contributed by atoms with Gasteiger partial charge in [-0.2, -0.15) is 0 Å². The first kappa shape index (κ1) is 22.0. The molecule has 0 unspecified atom stereocenters. The Morgan fingerprint density at radius 1 is 1.09 bits per heavy atom. The van der Waals surface area contributed by atoms with Gasteiger partial charge in [-0.1, -0.05) is 12.1 Å². The number of halogens is 2. The van der Waals surface area contributed by atoms with Crippen LogP contribution in [0.4, 0.5) is 8.78 Å². The standard InChI is InChI=1S/C23H18F2N2O6/c1-30-21(28)7-13-2-3-14(18(25)6-13)10-26-22(29)17-8-15(24)11-27-23(17)33-16-4-5-19-20(9-16)32-12-31-19/h2-6,8-9,11H,7,10,12H2,1H3,(H,26,29). The third-order valence-corrected chi connectivity index (χ3v) is 4.75. The summed E-state index contributed by atoms with van der Waals surface area (Å²) in [6.07, 6.45) is 0.842. The van der Waals surface area contributed by atoms with Crippen LogP contribution in [0.1, 0.15) is 21.5 Å². The minimum absolute atomic E-state index is 0.0738. The molecule has 3 aromatic rings. The number of fused-ring (bicyclic) bond motifs is 1. The molecule has 0 spiro atoms. The maximum atomic E-state index is 14.4. The van der Waals surface area contributed by atoms with E-state index in [1.807, 2.05) is 0 Å². The van der Waals surface area contributed by atoms with E-state index < -0.39 is 23.5 Å². The van der Waals surface area contributed by atoms with Gasteiger partial charge in [0, 0.05) is 18.2 Å². The number of nitrogens with zero attached hydrogens (tertiary/aromatic N) is 1. The van der Waals surface area contributed by atoms with Gasteiger partial charge in [-0.15, -0.1) is 0 Å². The molecule has 1 aliphatic rings. The predicted octanol–water partition coefficient (Wildman–Crippen LogP) is 3.53. The SMILES string of the molecule is COC(=O)Cc1ccc(CNC(=O)c2cc(F)cnc2Oc2ccc3c(c2)OCO3)c(F)c1. The summed E-state index contributed by atoms with van der Waals surface area (Å²) in [5.74, 6) is -1.37. The van der Waals surface area contributed by atoms with E-state index in [0.29, 0.717) is 22.8 Å². The molecule has 1 aromatic heterocycles. The number of ether oxygens (including phenoxy) is 4. The third-order valence-electron chi connectivity index (χ3n) is 4.75. The van der Waals surface area contributed by atoms with Gasteiger partial charge in [-0.05, 0) is 29.8 Å². The lowest BCUT2D eigenvalue weighted by Crippen LogP contribution is -2.24. The molecule has 2 heterocycles. The molecule has 4 rings (SSSR count). The van der Waals surface area contributed by atoms with Crippen LogP contribution in [-0.4, -0.2) is 30.8 Å². The van der Waals surface area contributed by atoms with Gasteiger partial charge in [0.25, 0.3) is 5.91 Å². The lowest BCUT2D eigenvalue weighted by molar-refractivity contribution is -0.139. The fourth-order valence-electron chi connectivity index (χ4n) is 3.08. The van der Waals surface area contributed by atoms with Gasteiger partial charge in [0.15, 0.2) is 11.5 Å². The van der Waals surface area contributed by atoms with Crippen molar-refractivity contribution in [2.24, 2.45) is 0 Å². The fourth-order valence-corrected chi connectivity index (χ4v) is 3.08. The van der Waals surface area contributed by atoms with E-state index in [4.69, 9.17) is 14.2 Å². The highest BCUT2D eigenvalue weighted by molar-refractivity contribution is 5.96. The fraction of sp³-hybridized carbons (Fsp3) is 0.174. The summed E-state index contributed by atoms with van der Waals surface area (Å²) in [6.45, 7) is -0.0926. The summed E-state index contributed by atoms with van der Waals surface area (Å²) in [6, 6.07) is 9.94. The smallest absolute Gasteiger partial charge is 0.309 e. The van der Waals surface area contributed by atoms with Crippen LogP contribution in [0.25, 0.3) is 0 Å². The highest BCUT2D eigenvalue weighted by Gasteiger charge is 2.19. The van der Waals surface area contributed by atoms with E-state index in [9.17, 15) is 18.4 Å². The monoisotopic (exact) mass is 456 g/mol. The van der Waals surface area contributed by atoms with Crippen molar-refractivity contribution in [3.05, 3.63) is 77.0 Å². The molecule has 8 nitrogen and oxygen atoms in total. The number of esters is 1. The first-order valence-electron chi connectivity index (χ1n) is 9.78. The van der Waals surface area contributed by atoms with Crippen LogP contribution >= 0.6 is 0 Å². The number of methoxy groups -OCH3 is 1. The summed E-state index contributed by atoms with van der Waals surface area (Å²) in [5.41, 5.74) is 0.443. The van der Waals surface area contributed by atoms with Gasteiger partial charge in [0.1, 0.15) is 22.9 Å². The molecule has 0 saturated heterocycles. The van der Waals surface area contributed by atoms with Gasteiger partial charge in [0.05, 0.1) is 19.7 Å². The van der Waals surface area contributed by atoms with Gasteiger partial charge in [0.2, 0.25) is 12.7 Å². The van der Waals surface area contributed by atoms with Crippen molar-refractivity contribution >= 4 is 11.9 Å². The quantitative estimate of drug-likeness (QED) is 0.544. The third kappa shape index (κ3) is 5.17. The Kier molecular flexibility index (Phi) is 6.34. The maximum absolute atomic E-state index is 14.4. The number of carbonyl (C=O) groups is 2. The second kappa shape index (κ2) is 9.51. The van der Waals surface area contributed by atoms with E-state index in [0.717, 1.165) is 12.3 Å². The van der Waals surface area contributed by atoms with Crippen molar-refractivity contribution in [1.82, 2.24) is 10.3 Å². The summed E-state index contributed by atoms with van der Waals surface area (Å²) in [5, 5.41) is 2.52. The van der Waals surface area contributed by atoms with Crippen LogP contribution in [0.15, 0.2) is 48.7 Å². The summed E-state index contributed by atoms with van der Waals surface area (Å²) >= 11 is 0. The van der Waals surface area contributed by atoms with Gasteiger partial charge in [-0.3, -0.25) is 9.59 Å². The van der Waals surface area contributed by atoms with Crippen molar-refractivity contribution in [3.63, 3.8) is 0 Å². The minimum Gasteiger partial charge on any atom is -0.469 e. The van der Waals surface area contributed by atoms with E-state index in [-0.39, 0.29) is 36.8 Å². The molecule has 10 heteroatoms.